The first kappa shape index (κ1) is 15.7. The van der Waals surface area contributed by atoms with Crippen LogP contribution in [-0.4, -0.2) is 41.2 Å². The van der Waals surface area contributed by atoms with Crippen LogP contribution in [0.15, 0.2) is 18.2 Å². The lowest BCUT2D eigenvalue weighted by molar-refractivity contribution is -0.384. The molecule has 6 nitrogen and oxygen atoms in total. The molecule has 0 radical (unpaired) electrons. The quantitative estimate of drug-likeness (QED) is 0.596. The molecule has 2 N–H and O–H groups in total. The van der Waals surface area contributed by atoms with Gasteiger partial charge in [-0.2, -0.15) is 0 Å². The second-order valence-corrected chi connectivity index (χ2v) is 5.49. The molecule has 1 aliphatic rings. The predicted molar refractivity (Wildman–Crippen MR) is 82.4 cm³/mol. The van der Waals surface area contributed by atoms with E-state index in [9.17, 15) is 10.1 Å². The predicted octanol–water partition coefficient (Wildman–Crippen LogP) is 2.37. The molecule has 21 heavy (non-hydrogen) atoms. The Kier molecular flexibility index (Phi) is 5.52. The average Bonchev–Trinajstić information content (AvgIpc) is 2.92. The van der Waals surface area contributed by atoms with Gasteiger partial charge in [0.05, 0.1) is 4.92 Å². The van der Waals surface area contributed by atoms with Gasteiger partial charge in [-0.1, -0.05) is 6.07 Å². The van der Waals surface area contributed by atoms with Crippen molar-refractivity contribution in [2.24, 2.45) is 0 Å². The molecule has 1 saturated heterocycles. The summed E-state index contributed by atoms with van der Waals surface area (Å²) < 4.78 is 0. The van der Waals surface area contributed by atoms with Crippen LogP contribution in [0.25, 0.3) is 0 Å². The molecule has 1 heterocycles. The molecule has 1 atom stereocenters. The van der Waals surface area contributed by atoms with Crippen LogP contribution in [0, 0.1) is 10.1 Å². The highest BCUT2D eigenvalue weighted by atomic mass is 16.6. The van der Waals surface area contributed by atoms with Crippen LogP contribution in [-0.2, 0) is 6.54 Å². The minimum atomic E-state index is -0.345. The molecule has 116 valence electrons. The van der Waals surface area contributed by atoms with Crippen LogP contribution >= 0.6 is 0 Å². The maximum atomic E-state index is 11.1. The molecule has 1 aromatic rings. The van der Waals surface area contributed by atoms with Gasteiger partial charge in [0, 0.05) is 32.3 Å². The van der Waals surface area contributed by atoms with Crippen molar-refractivity contribution in [3.63, 3.8) is 0 Å². The van der Waals surface area contributed by atoms with Crippen molar-refractivity contribution in [3.05, 3.63) is 33.9 Å². The Morgan fingerprint density at radius 2 is 2.33 bits per heavy atom. The number of likely N-dealkylation sites (tertiary alicyclic amines) is 1. The zero-order chi connectivity index (χ0) is 15.2. The van der Waals surface area contributed by atoms with Gasteiger partial charge < -0.3 is 10.4 Å². The first-order valence-electron chi connectivity index (χ1n) is 7.45. The molecule has 0 aromatic heterocycles. The van der Waals surface area contributed by atoms with E-state index in [4.69, 9.17) is 5.11 Å². The smallest absolute Gasteiger partial charge is 0.292 e. The number of nitrogens with one attached hydrogen (secondary N) is 1. The summed E-state index contributed by atoms with van der Waals surface area (Å²) in [7, 11) is 1.69. The summed E-state index contributed by atoms with van der Waals surface area (Å²) in [5.41, 5.74) is 1.64. The molecule has 1 fully saturated rings. The summed E-state index contributed by atoms with van der Waals surface area (Å²) in [5.74, 6) is 0. The fourth-order valence-corrected chi connectivity index (χ4v) is 3.03. The molecule has 1 unspecified atom stereocenters. The van der Waals surface area contributed by atoms with Crippen LogP contribution in [0.1, 0.15) is 31.2 Å². The van der Waals surface area contributed by atoms with Crippen LogP contribution in [0.5, 0.6) is 0 Å². The fraction of sp³-hybridized carbons (Fsp3) is 0.600. The van der Waals surface area contributed by atoms with E-state index in [1.54, 1.807) is 19.2 Å². The van der Waals surface area contributed by atoms with Crippen molar-refractivity contribution in [2.75, 3.05) is 25.5 Å². The number of nitro groups is 1. The highest BCUT2D eigenvalue weighted by Crippen LogP contribution is 2.28. The van der Waals surface area contributed by atoms with Crippen LogP contribution in [0.3, 0.4) is 0 Å². The molecule has 6 heteroatoms. The van der Waals surface area contributed by atoms with E-state index in [0.717, 1.165) is 44.3 Å². The largest absolute Gasteiger partial charge is 0.396 e. The van der Waals surface area contributed by atoms with E-state index in [0.29, 0.717) is 11.7 Å². The fourth-order valence-electron chi connectivity index (χ4n) is 3.03. The highest BCUT2D eigenvalue weighted by Gasteiger charge is 2.24. The number of aliphatic hydroxyl groups excluding tert-OH is 1. The van der Waals surface area contributed by atoms with Gasteiger partial charge >= 0.3 is 0 Å². The van der Waals surface area contributed by atoms with Crippen molar-refractivity contribution in [1.29, 1.82) is 0 Å². The summed E-state index contributed by atoms with van der Waals surface area (Å²) in [5, 5.41) is 22.9. The number of aliphatic hydroxyl groups is 1. The molecule has 1 aliphatic heterocycles. The van der Waals surface area contributed by atoms with E-state index < -0.39 is 0 Å². The Balaban J connectivity index is 2.08. The summed E-state index contributed by atoms with van der Waals surface area (Å²) >= 11 is 0. The molecule has 2 rings (SSSR count). The molecular weight excluding hydrogens is 270 g/mol. The zero-order valence-corrected chi connectivity index (χ0v) is 12.4. The molecule has 0 bridgehead atoms. The summed E-state index contributed by atoms with van der Waals surface area (Å²) in [4.78, 5) is 13.1. The summed E-state index contributed by atoms with van der Waals surface area (Å²) in [6, 6.07) is 5.86. The van der Waals surface area contributed by atoms with Crippen molar-refractivity contribution >= 4 is 11.4 Å². The minimum Gasteiger partial charge on any atom is -0.396 e. The van der Waals surface area contributed by atoms with Gasteiger partial charge in [-0.3, -0.25) is 15.0 Å². The molecular formula is C15H23N3O3. The Labute approximate surface area is 124 Å². The van der Waals surface area contributed by atoms with Gasteiger partial charge in [-0.15, -0.1) is 0 Å². The van der Waals surface area contributed by atoms with Crippen molar-refractivity contribution in [2.45, 2.75) is 38.3 Å². The van der Waals surface area contributed by atoms with E-state index in [1.807, 2.05) is 6.07 Å². The molecule has 0 amide bonds. The van der Waals surface area contributed by atoms with Crippen molar-refractivity contribution in [3.8, 4) is 0 Å². The molecule has 0 aliphatic carbocycles. The van der Waals surface area contributed by atoms with E-state index in [1.165, 1.54) is 0 Å². The summed E-state index contributed by atoms with van der Waals surface area (Å²) in [6.45, 7) is 1.99. The van der Waals surface area contributed by atoms with Gasteiger partial charge in [0.1, 0.15) is 5.69 Å². The van der Waals surface area contributed by atoms with Crippen LogP contribution < -0.4 is 5.32 Å². The second kappa shape index (κ2) is 7.38. The SMILES string of the molecule is CNc1ccc(CN2CCCC2CCCO)cc1[N+](=O)[O-]. The van der Waals surface area contributed by atoms with Crippen molar-refractivity contribution < 1.29 is 10.0 Å². The lowest BCUT2D eigenvalue weighted by atomic mass is 10.1. The van der Waals surface area contributed by atoms with Gasteiger partial charge in [0.15, 0.2) is 0 Å². The monoisotopic (exact) mass is 293 g/mol. The Morgan fingerprint density at radius 1 is 1.52 bits per heavy atom. The molecule has 0 spiro atoms. The van der Waals surface area contributed by atoms with E-state index in [-0.39, 0.29) is 17.2 Å². The van der Waals surface area contributed by atoms with Crippen LogP contribution in [0.2, 0.25) is 0 Å². The zero-order valence-electron chi connectivity index (χ0n) is 12.4. The van der Waals surface area contributed by atoms with Gasteiger partial charge in [0.25, 0.3) is 5.69 Å². The first-order valence-corrected chi connectivity index (χ1v) is 7.45. The Hall–Kier alpha value is -1.66. The third kappa shape index (κ3) is 3.92. The minimum absolute atomic E-state index is 0.126. The van der Waals surface area contributed by atoms with Gasteiger partial charge in [0.2, 0.25) is 0 Å². The molecule has 0 saturated carbocycles. The first-order chi connectivity index (χ1) is 10.2. The lowest BCUT2D eigenvalue weighted by Crippen LogP contribution is -2.29. The van der Waals surface area contributed by atoms with E-state index in [2.05, 4.69) is 10.2 Å². The van der Waals surface area contributed by atoms with Gasteiger partial charge in [-0.05, 0) is 43.9 Å². The number of nitrogens with zero attached hydrogens (tertiary/aromatic N) is 2. The molecule has 1 aromatic carbocycles. The van der Waals surface area contributed by atoms with Crippen LogP contribution in [0.4, 0.5) is 11.4 Å². The topological polar surface area (TPSA) is 78.6 Å². The third-order valence-corrected chi connectivity index (χ3v) is 4.11. The number of benzene rings is 1. The lowest BCUT2D eigenvalue weighted by Gasteiger charge is -2.24. The Bertz CT molecular complexity index is 493. The number of hydrogen-bond donors (Lipinski definition) is 2. The third-order valence-electron chi connectivity index (χ3n) is 4.11. The maximum Gasteiger partial charge on any atom is 0.292 e. The number of anilines is 1. The number of hydrogen-bond acceptors (Lipinski definition) is 5. The second-order valence-electron chi connectivity index (χ2n) is 5.49. The standard InChI is InChI=1S/C15H23N3O3/c1-16-14-7-6-12(10-15(14)18(20)21)11-17-8-2-4-13(17)5-3-9-19/h6-7,10,13,16,19H,2-5,8-9,11H2,1H3. The van der Waals surface area contributed by atoms with Gasteiger partial charge in [-0.25, -0.2) is 0 Å². The Morgan fingerprint density at radius 3 is 3.00 bits per heavy atom. The number of rotatable bonds is 7. The maximum absolute atomic E-state index is 11.1. The number of nitro benzene ring substituents is 1. The van der Waals surface area contributed by atoms with E-state index >= 15 is 0 Å². The normalized spacial score (nSPS) is 18.9. The highest BCUT2D eigenvalue weighted by molar-refractivity contribution is 5.62. The van der Waals surface area contributed by atoms with Crippen molar-refractivity contribution in [1.82, 2.24) is 4.90 Å². The summed E-state index contributed by atoms with van der Waals surface area (Å²) in [6.07, 6.45) is 4.12. The average molecular weight is 293 g/mol.